The van der Waals surface area contributed by atoms with E-state index in [4.69, 9.17) is 4.74 Å². The highest BCUT2D eigenvalue weighted by molar-refractivity contribution is 9.09. The number of rotatable bonds is 10. The number of allylic oxidation sites excluding steroid dienone is 1. The number of unbranched alkanes of at least 4 members (excludes halogenated alkanes) is 6. The number of halogens is 1. The van der Waals surface area contributed by atoms with Gasteiger partial charge >= 0.3 is 5.97 Å². The number of carbonyl (C=O) groups excluding carboxylic acids is 2. The largest absolute Gasteiger partial charge is 0.462 e. The molecule has 33 heavy (non-hydrogen) atoms. The van der Waals surface area contributed by atoms with Crippen LogP contribution >= 0.6 is 15.9 Å². The highest BCUT2D eigenvalue weighted by atomic mass is 79.9. The second kappa shape index (κ2) is 11.4. The quantitative estimate of drug-likeness (QED) is 0.167. The SMILES string of the molecule is CC(=O)O[C@H]1CC[C@H]2[C@@H]3[C@H](CCCCCCCCCBr)CC4=CC(=O)CC[C@@H]4[C@H]3CC[C@]12C. The standard InChI is InChI=1S/C29H45BrO3/c1-20(31)33-27-14-13-26-28-21(10-8-6-4-3-5-7-9-17-30)18-22-19-23(32)11-12-24(22)25(28)15-16-29(26,27)2/h19,21,24-28H,3-18H2,1-2H3/t21-,24+,25-,26+,27+,28-,29+/m1/s1. The van der Waals surface area contributed by atoms with Gasteiger partial charge in [-0.15, -0.1) is 0 Å². The van der Waals surface area contributed by atoms with Crippen LogP contribution in [0.25, 0.3) is 0 Å². The molecule has 4 aliphatic rings. The Morgan fingerprint density at radius 2 is 1.79 bits per heavy atom. The average molecular weight is 522 g/mol. The van der Waals surface area contributed by atoms with E-state index in [-0.39, 0.29) is 17.5 Å². The predicted octanol–water partition coefficient (Wildman–Crippen LogP) is 7.80. The molecule has 0 aromatic rings. The number of esters is 1. The third-order valence-corrected chi connectivity index (χ3v) is 10.5. The molecular weight excluding hydrogens is 476 g/mol. The molecule has 0 aromatic carbocycles. The van der Waals surface area contributed by atoms with Gasteiger partial charge in [0.05, 0.1) is 0 Å². The van der Waals surface area contributed by atoms with Gasteiger partial charge in [-0.05, 0) is 87.0 Å². The number of hydrogen-bond donors (Lipinski definition) is 0. The molecule has 4 rings (SSSR count). The van der Waals surface area contributed by atoms with Crippen LogP contribution in [0.5, 0.6) is 0 Å². The number of carbonyl (C=O) groups is 2. The van der Waals surface area contributed by atoms with Crippen molar-refractivity contribution in [1.82, 2.24) is 0 Å². The fourth-order valence-corrected chi connectivity index (χ4v) is 8.80. The third kappa shape index (κ3) is 5.62. The van der Waals surface area contributed by atoms with Gasteiger partial charge in [-0.3, -0.25) is 9.59 Å². The lowest BCUT2D eigenvalue weighted by Crippen LogP contribution is -2.51. The number of ketones is 1. The molecule has 0 radical (unpaired) electrons. The van der Waals surface area contributed by atoms with Crippen molar-refractivity contribution in [3.8, 4) is 0 Å². The highest BCUT2D eigenvalue weighted by Crippen LogP contribution is 2.64. The third-order valence-electron chi connectivity index (χ3n) is 9.90. The smallest absolute Gasteiger partial charge is 0.302 e. The van der Waals surface area contributed by atoms with Crippen molar-refractivity contribution in [2.24, 2.45) is 35.0 Å². The molecule has 0 bridgehead atoms. The lowest BCUT2D eigenvalue weighted by Gasteiger charge is -2.56. The van der Waals surface area contributed by atoms with Crippen molar-refractivity contribution in [3.63, 3.8) is 0 Å². The second-order valence-corrected chi connectivity index (χ2v) is 12.6. The van der Waals surface area contributed by atoms with Gasteiger partial charge in [-0.2, -0.15) is 0 Å². The number of hydrogen-bond acceptors (Lipinski definition) is 3. The van der Waals surface area contributed by atoms with Gasteiger partial charge in [-0.25, -0.2) is 0 Å². The Morgan fingerprint density at radius 3 is 2.52 bits per heavy atom. The summed E-state index contributed by atoms with van der Waals surface area (Å²) in [4.78, 5) is 24.0. The van der Waals surface area contributed by atoms with Crippen LogP contribution < -0.4 is 0 Å². The van der Waals surface area contributed by atoms with Gasteiger partial charge in [-0.1, -0.05) is 67.0 Å². The lowest BCUT2D eigenvalue weighted by atomic mass is 9.49. The van der Waals surface area contributed by atoms with Crippen LogP contribution in [0.4, 0.5) is 0 Å². The summed E-state index contributed by atoms with van der Waals surface area (Å²) in [5, 5.41) is 1.13. The molecule has 4 heteroatoms. The Bertz CT molecular complexity index is 730. The molecular formula is C29H45BrO3. The van der Waals surface area contributed by atoms with E-state index in [1.807, 2.05) is 6.08 Å². The Hall–Kier alpha value is -0.640. The van der Waals surface area contributed by atoms with Crippen molar-refractivity contribution < 1.29 is 14.3 Å². The molecule has 3 saturated carbocycles. The van der Waals surface area contributed by atoms with Gasteiger partial charge in [0.2, 0.25) is 0 Å². The molecule has 0 unspecified atom stereocenters. The van der Waals surface area contributed by atoms with Crippen molar-refractivity contribution in [2.75, 3.05) is 5.33 Å². The van der Waals surface area contributed by atoms with E-state index in [0.29, 0.717) is 23.5 Å². The Balaban J connectivity index is 1.44. The van der Waals surface area contributed by atoms with Gasteiger partial charge in [0.1, 0.15) is 6.10 Å². The van der Waals surface area contributed by atoms with E-state index in [0.717, 1.165) is 42.8 Å². The van der Waals surface area contributed by atoms with E-state index in [1.165, 1.54) is 76.2 Å². The molecule has 0 heterocycles. The number of ether oxygens (including phenoxy) is 1. The minimum atomic E-state index is -0.115. The molecule has 0 aromatic heterocycles. The second-order valence-electron chi connectivity index (χ2n) is 11.8. The Labute approximate surface area is 210 Å². The Kier molecular flexibility index (Phi) is 8.79. The minimum absolute atomic E-state index is 0.103. The van der Waals surface area contributed by atoms with E-state index in [9.17, 15) is 9.59 Å². The summed E-state index contributed by atoms with van der Waals surface area (Å²) in [5.74, 6) is 3.75. The van der Waals surface area contributed by atoms with Crippen LogP contribution in [0.3, 0.4) is 0 Å². The molecule has 4 aliphatic carbocycles. The molecule has 0 N–H and O–H groups in total. The van der Waals surface area contributed by atoms with Crippen molar-refractivity contribution >= 4 is 27.7 Å². The monoisotopic (exact) mass is 520 g/mol. The maximum Gasteiger partial charge on any atom is 0.302 e. The van der Waals surface area contributed by atoms with Crippen LogP contribution in [-0.2, 0) is 14.3 Å². The van der Waals surface area contributed by atoms with Crippen LogP contribution in [0.1, 0.15) is 110 Å². The van der Waals surface area contributed by atoms with E-state index in [2.05, 4.69) is 22.9 Å². The van der Waals surface area contributed by atoms with Crippen LogP contribution in [-0.4, -0.2) is 23.2 Å². The first kappa shape index (κ1) is 25.5. The Morgan fingerprint density at radius 1 is 1.06 bits per heavy atom. The average Bonchev–Trinajstić information content (AvgIpc) is 3.10. The summed E-state index contributed by atoms with van der Waals surface area (Å²) in [6.45, 7) is 4.00. The molecule has 0 saturated heterocycles. The van der Waals surface area contributed by atoms with Crippen molar-refractivity contribution in [1.29, 1.82) is 0 Å². The summed E-state index contributed by atoms with van der Waals surface area (Å²) in [5.41, 5.74) is 1.64. The van der Waals surface area contributed by atoms with Gasteiger partial charge in [0.25, 0.3) is 0 Å². The lowest BCUT2D eigenvalue weighted by molar-refractivity contribution is -0.157. The summed E-state index contributed by atoms with van der Waals surface area (Å²) < 4.78 is 5.87. The van der Waals surface area contributed by atoms with E-state index in [1.54, 1.807) is 6.92 Å². The summed E-state index contributed by atoms with van der Waals surface area (Å²) >= 11 is 3.53. The van der Waals surface area contributed by atoms with E-state index < -0.39 is 0 Å². The molecule has 3 fully saturated rings. The minimum Gasteiger partial charge on any atom is -0.462 e. The highest BCUT2D eigenvalue weighted by Gasteiger charge is 2.59. The first-order chi connectivity index (χ1) is 15.9. The molecule has 0 spiro atoms. The fraction of sp³-hybridized carbons (Fsp3) is 0.862. The first-order valence-corrected chi connectivity index (χ1v) is 15.0. The topological polar surface area (TPSA) is 43.4 Å². The van der Waals surface area contributed by atoms with Crippen LogP contribution in [0, 0.1) is 35.0 Å². The number of alkyl halides is 1. The van der Waals surface area contributed by atoms with Crippen molar-refractivity contribution in [3.05, 3.63) is 11.6 Å². The first-order valence-electron chi connectivity index (χ1n) is 13.9. The van der Waals surface area contributed by atoms with Gasteiger partial charge < -0.3 is 4.74 Å². The molecule has 0 aliphatic heterocycles. The molecule has 7 atom stereocenters. The summed E-state index contributed by atoms with van der Waals surface area (Å²) in [6, 6.07) is 0. The molecule has 186 valence electrons. The van der Waals surface area contributed by atoms with Gasteiger partial charge in [0.15, 0.2) is 5.78 Å². The zero-order valence-electron chi connectivity index (χ0n) is 21.0. The van der Waals surface area contributed by atoms with Crippen LogP contribution in [0.15, 0.2) is 11.6 Å². The zero-order chi connectivity index (χ0) is 23.4. The van der Waals surface area contributed by atoms with E-state index >= 15 is 0 Å². The summed E-state index contributed by atoms with van der Waals surface area (Å²) in [7, 11) is 0. The predicted molar refractivity (Wildman–Crippen MR) is 137 cm³/mol. The summed E-state index contributed by atoms with van der Waals surface area (Å²) in [6.07, 6.45) is 20.5. The van der Waals surface area contributed by atoms with Crippen molar-refractivity contribution in [2.45, 2.75) is 116 Å². The maximum atomic E-state index is 12.2. The zero-order valence-corrected chi connectivity index (χ0v) is 22.5. The van der Waals surface area contributed by atoms with Crippen LogP contribution in [0.2, 0.25) is 0 Å². The maximum absolute atomic E-state index is 12.2. The fourth-order valence-electron chi connectivity index (χ4n) is 8.40. The normalized spacial score (nSPS) is 37.7. The molecule has 3 nitrogen and oxygen atoms in total. The van der Waals surface area contributed by atoms with Gasteiger partial charge in [0, 0.05) is 24.1 Å². The number of fused-ring (bicyclic) bond motifs is 5. The molecule has 0 amide bonds.